The summed E-state index contributed by atoms with van der Waals surface area (Å²) in [6.45, 7) is 6.29. The number of carbonyl (C=O) groups is 1. The highest BCUT2D eigenvalue weighted by Gasteiger charge is 2.26. The summed E-state index contributed by atoms with van der Waals surface area (Å²) in [6.07, 6.45) is 0.526. The van der Waals surface area contributed by atoms with Gasteiger partial charge in [0.25, 0.3) is 0 Å². The maximum Gasteiger partial charge on any atom is 0.225 e. The van der Waals surface area contributed by atoms with Crippen molar-refractivity contribution in [1.29, 1.82) is 0 Å². The predicted octanol–water partition coefficient (Wildman–Crippen LogP) is 4.09. The van der Waals surface area contributed by atoms with E-state index in [9.17, 15) is 4.79 Å². The Morgan fingerprint density at radius 3 is 2.35 bits per heavy atom. The molecule has 3 rings (SSSR count). The lowest BCUT2D eigenvalue weighted by Crippen LogP contribution is -2.23. The maximum absolute atomic E-state index is 12.0. The van der Waals surface area contributed by atoms with Crippen molar-refractivity contribution in [3.8, 4) is 0 Å². The van der Waals surface area contributed by atoms with Gasteiger partial charge in [0.1, 0.15) is 0 Å². The highest BCUT2D eigenvalue weighted by molar-refractivity contribution is 5.95. The number of rotatable bonds is 1. The number of aryl methyl sites for hydroxylation is 3. The average Bonchev–Trinajstić information content (AvgIpc) is 2.41. The van der Waals surface area contributed by atoms with E-state index >= 15 is 0 Å². The van der Waals surface area contributed by atoms with Gasteiger partial charge in [0, 0.05) is 18.0 Å². The Labute approximate surface area is 119 Å². The number of fused-ring (bicyclic) bond motifs is 1. The van der Waals surface area contributed by atoms with Crippen molar-refractivity contribution < 1.29 is 4.79 Å². The number of amides is 1. The fourth-order valence-electron chi connectivity index (χ4n) is 2.83. The number of anilines is 1. The van der Waals surface area contributed by atoms with E-state index in [0.717, 1.165) is 5.69 Å². The maximum atomic E-state index is 12.0. The molecule has 1 aliphatic rings. The predicted molar refractivity (Wildman–Crippen MR) is 82.2 cm³/mol. The third kappa shape index (κ3) is 2.22. The second-order valence-corrected chi connectivity index (χ2v) is 5.74. The molecule has 0 spiro atoms. The summed E-state index contributed by atoms with van der Waals surface area (Å²) < 4.78 is 0. The van der Waals surface area contributed by atoms with Crippen LogP contribution in [0.3, 0.4) is 0 Å². The summed E-state index contributed by atoms with van der Waals surface area (Å²) in [6, 6.07) is 12.8. The van der Waals surface area contributed by atoms with Crippen molar-refractivity contribution in [2.45, 2.75) is 33.1 Å². The van der Waals surface area contributed by atoms with Crippen LogP contribution in [0.2, 0.25) is 0 Å². The Kier molecular flexibility index (Phi) is 3.09. The third-order valence-electron chi connectivity index (χ3n) is 4.18. The standard InChI is InChI=1S/C18H19NO/c1-11-4-6-14(7-5-11)15-10-18(20)19-17-9-13(3)12(2)8-16(15)17/h4-9,15H,10H2,1-3H3,(H,19,20)/t15-/m0/s1. The quantitative estimate of drug-likeness (QED) is 0.826. The van der Waals surface area contributed by atoms with E-state index in [0.29, 0.717) is 6.42 Å². The summed E-state index contributed by atoms with van der Waals surface area (Å²) in [4.78, 5) is 12.0. The van der Waals surface area contributed by atoms with E-state index in [4.69, 9.17) is 0 Å². The zero-order valence-corrected chi connectivity index (χ0v) is 12.2. The molecule has 0 fully saturated rings. The van der Waals surface area contributed by atoms with Gasteiger partial charge in [-0.25, -0.2) is 0 Å². The molecule has 0 radical (unpaired) electrons. The molecular weight excluding hydrogens is 246 g/mol. The zero-order chi connectivity index (χ0) is 14.3. The van der Waals surface area contributed by atoms with Crippen molar-refractivity contribution in [3.63, 3.8) is 0 Å². The van der Waals surface area contributed by atoms with Crippen LogP contribution in [-0.2, 0) is 4.79 Å². The first-order valence-corrected chi connectivity index (χ1v) is 7.02. The highest BCUT2D eigenvalue weighted by Crippen LogP contribution is 2.38. The average molecular weight is 265 g/mol. The van der Waals surface area contributed by atoms with Gasteiger partial charge < -0.3 is 5.32 Å². The fraction of sp³-hybridized carbons (Fsp3) is 0.278. The number of carbonyl (C=O) groups excluding carboxylic acids is 1. The molecule has 0 unspecified atom stereocenters. The Morgan fingerprint density at radius 2 is 1.65 bits per heavy atom. The van der Waals surface area contributed by atoms with Crippen LogP contribution in [-0.4, -0.2) is 5.91 Å². The SMILES string of the molecule is Cc1ccc([C@@H]2CC(=O)Nc3cc(C)c(C)cc32)cc1. The van der Waals surface area contributed by atoms with Crippen LogP contribution in [0, 0.1) is 20.8 Å². The first kappa shape index (κ1) is 12.9. The molecule has 2 heteroatoms. The monoisotopic (exact) mass is 265 g/mol. The molecule has 1 heterocycles. The van der Waals surface area contributed by atoms with Crippen molar-refractivity contribution in [2.24, 2.45) is 0 Å². The molecule has 2 aromatic carbocycles. The van der Waals surface area contributed by atoms with E-state index in [2.05, 4.69) is 62.5 Å². The van der Waals surface area contributed by atoms with Gasteiger partial charge in [-0.1, -0.05) is 35.9 Å². The molecule has 20 heavy (non-hydrogen) atoms. The van der Waals surface area contributed by atoms with E-state index in [-0.39, 0.29) is 11.8 Å². The minimum Gasteiger partial charge on any atom is -0.326 e. The van der Waals surface area contributed by atoms with Gasteiger partial charge in [-0.3, -0.25) is 4.79 Å². The molecule has 0 aliphatic carbocycles. The normalized spacial score (nSPS) is 17.6. The minimum absolute atomic E-state index is 0.103. The Hall–Kier alpha value is -2.09. The Balaban J connectivity index is 2.12. The lowest BCUT2D eigenvalue weighted by molar-refractivity contribution is -0.116. The first-order chi connectivity index (χ1) is 9.54. The molecule has 2 nitrogen and oxygen atoms in total. The number of hydrogen-bond donors (Lipinski definition) is 1. The Bertz CT molecular complexity index is 671. The van der Waals surface area contributed by atoms with Crippen LogP contribution in [0.4, 0.5) is 5.69 Å². The van der Waals surface area contributed by atoms with Gasteiger partial charge >= 0.3 is 0 Å². The lowest BCUT2D eigenvalue weighted by atomic mass is 9.83. The van der Waals surface area contributed by atoms with Crippen molar-refractivity contribution >= 4 is 11.6 Å². The van der Waals surface area contributed by atoms with Gasteiger partial charge in [0.2, 0.25) is 5.91 Å². The van der Waals surface area contributed by atoms with Crippen molar-refractivity contribution in [1.82, 2.24) is 0 Å². The van der Waals surface area contributed by atoms with Crippen LogP contribution < -0.4 is 5.32 Å². The van der Waals surface area contributed by atoms with Gasteiger partial charge in [0.05, 0.1) is 0 Å². The molecule has 1 aliphatic heterocycles. The second kappa shape index (κ2) is 4.78. The topological polar surface area (TPSA) is 29.1 Å². The summed E-state index contributed by atoms with van der Waals surface area (Å²) in [5, 5.41) is 3.00. The minimum atomic E-state index is 0.103. The van der Waals surface area contributed by atoms with E-state index < -0.39 is 0 Å². The number of hydrogen-bond acceptors (Lipinski definition) is 1. The summed E-state index contributed by atoms with van der Waals surface area (Å²) in [7, 11) is 0. The van der Waals surface area contributed by atoms with Crippen molar-refractivity contribution in [2.75, 3.05) is 5.32 Å². The van der Waals surface area contributed by atoms with Crippen LogP contribution >= 0.6 is 0 Å². The number of nitrogens with one attached hydrogen (secondary N) is 1. The molecule has 0 bridgehead atoms. The van der Waals surface area contributed by atoms with Gasteiger partial charge in [-0.05, 0) is 49.1 Å². The van der Waals surface area contributed by atoms with Crippen LogP contribution in [0.25, 0.3) is 0 Å². The van der Waals surface area contributed by atoms with Gasteiger partial charge in [-0.2, -0.15) is 0 Å². The smallest absolute Gasteiger partial charge is 0.225 e. The molecule has 1 N–H and O–H groups in total. The number of benzene rings is 2. The summed E-state index contributed by atoms with van der Waals surface area (Å²) in [5.41, 5.74) is 7.15. The molecule has 102 valence electrons. The second-order valence-electron chi connectivity index (χ2n) is 5.74. The molecule has 0 saturated carbocycles. The lowest BCUT2D eigenvalue weighted by Gasteiger charge is -2.27. The molecule has 0 aromatic heterocycles. The highest BCUT2D eigenvalue weighted by atomic mass is 16.1. The van der Waals surface area contributed by atoms with Gasteiger partial charge in [0.15, 0.2) is 0 Å². The third-order valence-corrected chi connectivity index (χ3v) is 4.18. The summed E-state index contributed by atoms with van der Waals surface area (Å²) >= 11 is 0. The molecule has 1 atom stereocenters. The summed E-state index contributed by atoms with van der Waals surface area (Å²) in [5.74, 6) is 0.268. The molecule has 2 aromatic rings. The van der Waals surface area contributed by atoms with E-state index in [1.165, 1.54) is 27.8 Å². The molecular formula is C18H19NO. The van der Waals surface area contributed by atoms with E-state index in [1.807, 2.05) is 0 Å². The molecule has 0 saturated heterocycles. The Morgan fingerprint density at radius 1 is 1.00 bits per heavy atom. The largest absolute Gasteiger partial charge is 0.326 e. The van der Waals surface area contributed by atoms with Gasteiger partial charge in [-0.15, -0.1) is 0 Å². The van der Waals surface area contributed by atoms with Crippen molar-refractivity contribution in [3.05, 3.63) is 64.2 Å². The van der Waals surface area contributed by atoms with Crippen LogP contribution in [0.1, 0.15) is 40.2 Å². The van der Waals surface area contributed by atoms with E-state index in [1.54, 1.807) is 0 Å². The fourth-order valence-corrected chi connectivity index (χ4v) is 2.83. The van der Waals surface area contributed by atoms with Crippen LogP contribution in [0.5, 0.6) is 0 Å². The first-order valence-electron chi connectivity index (χ1n) is 7.02. The molecule has 1 amide bonds. The van der Waals surface area contributed by atoms with Crippen LogP contribution in [0.15, 0.2) is 36.4 Å². The zero-order valence-electron chi connectivity index (χ0n) is 12.2.